The highest BCUT2D eigenvalue weighted by Gasteiger charge is 2.06. The number of benzene rings is 1. The first-order chi connectivity index (χ1) is 8.58. The zero-order valence-corrected chi connectivity index (χ0v) is 10.6. The van der Waals surface area contributed by atoms with Crippen molar-refractivity contribution in [1.82, 2.24) is 4.98 Å². The van der Waals surface area contributed by atoms with Gasteiger partial charge in [-0.1, -0.05) is 11.6 Å². The molecule has 0 radical (unpaired) electrons. The Bertz CT molecular complexity index is 572. The van der Waals surface area contributed by atoms with Crippen LogP contribution in [0.4, 0.5) is 15.8 Å². The van der Waals surface area contributed by atoms with E-state index in [1.165, 1.54) is 12.1 Å². The van der Waals surface area contributed by atoms with Gasteiger partial charge in [0.1, 0.15) is 5.82 Å². The number of nitrogens with one attached hydrogen (secondary N) is 1. The number of hydrogen-bond donors (Lipinski definition) is 2. The van der Waals surface area contributed by atoms with Crippen LogP contribution in [-0.4, -0.2) is 4.98 Å². The molecule has 0 spiro atoms. The zero-order chi connectivity index (χ0) is 13.1. The third kappa shape index (κ3) is 2.71. The van der Waals surface area contributed by atoms with Gasteiger partial charge in [0.05, 0.1) is 16.4 Å². The summed E-state index contributed by atoms with van der Waals surface area (Å²) in [6.07, 6.45) is 3.52. The highest BCUT2D eigenvalue weighted by Crippen LogP contribution is 2.26. The first kappa shape index (κ1) is 12.6. The Morgan fingerprint density at radius 2 is 2.22 bits per heavy atom. The van der Waals surface area contributed by atoms with Crippen LogP contribution in [0.25, 0.3) is 0 Å². The van der Waals surface area contributed by atoms with Gasteiger partial charge in [0.15, 0.2) is 0 Å². The number of rotatable bonds is 3. The summed E-state index contributed by atoms with van der Waals surface area (Å²) < 4.78 is 13.1. The van der Waals surface area contributed by atoms with Crippen LogP contribution in [0.5, 0.6) is 0 Å². The number of aryl methyl sites for hydroxylation is 1. The molecule has 3 N–H and O–H groups in total. The van der Waals surface area contributed by atoms with E-state index < -0.39 is 5.82 Å². The fraction of sp³-hybridized carbons (Fsp3) is 0.154. The van der Waals surface area contributed by atoms with Crippen LogP contribution in [0.15, 0.2) is 30.6 Å². The molecule has 18 heavy (non-hydrogen) atoms. The number of nitrogens with two attached hydrogens (primary N) is 1. The lowest BCUT2D eigenvalue weighted by Gasteiger charge is -2.11. The lowest BCUT2D eigenvalue weighted by atomic mass is 10.1. The average Bonchev–Trinajstić information content (AvgIpc) is 2.34. The lowest BCUT2D eigenvalue weighted by molar-refractivity contribution is 0.629. The normalized spacial score (nSPS) is 10.4. The molecule has 2 rings (SSSR count). The summed E-state index contributed by atoms with van der Waals surface area (Å²) in [5.41, 5.74) is 8.86. The van der Waals surface area contributed by atoms with Gasteiger partial charge in [0.2, 0.25) is 0 Å². The first-order valence-electron chi connectivity index (χ1n) is 5.46. The molecule has 0 saturated heterocycles. The molecule has 0 aliphatic carbocycles. The van der Waals surface area contributed by atoms with Crippen molar-refractivity contribution in [3.05, 3.63) is 52.6 Å². The van der Waals surface area contributed by atoms with Gasteiger partial charge in [-0.15, -0.1) is 0 Å². The van der Waals surface area contributed by atoms with E-state index in [9.17, 15) is 4.39 Å². The fourth-order valence-electron chi connectivity index (χ4n) is 1.61. The van der Waals surface area contributed by atoms with Crippen molar-refractivity contribution in [3.63, 3.8) is 0 Å². The predicted molar refractivity (Wildman–Crippen MR) is 72.1 cm³/mol. The van der Waals surface area contributed by atoms with Crippen molar-refractivity contribution in [3.8, 4) is 0 Å². The standard InChI is InChI=1S/C13H13ClFN3/c1-8-6-17-3-2-9(8)7-18-13-4-10(14)11(15)5-12(13)16/h2-6,18H,7,16H2,1H3. The summed E-state index contributed by atoms with van der Waals surface area (Å²) in [6, 6.07) is 4.62. The molecule has 0 aliphatic heterocycles. The molecule has 1 heterocycles. The molecule has 1 aromatic carbocycles. The highest BCUT2D eigenvalue weighted by molar-refractivity contribution is 6.31. The van der Waals surface area contributed by atoms with Gasteiger partial charge in [-0.05, 0) is 30.2 Å². The number of aromatic nitrogens is 1. The van der Waals surface area contributed by atoms with Crippen LogP contribution in [0.3, 0.4) is 0 Å². The van der Waals surface area contributed by atoms with Crippen molar-refractivity contribution >= 4 is 23.0 Å². The Balaban J connectivity index is 2.16. The molecule has 0 saturated carbocycles. The third-order valence-electron chi connectivity index (χ3n) is 2.70. The summed E-state index contributed by atoms with van der Waals surface area (Å²) >= 11 is 5.72. The Labute approximate surface area is 110 Å². The van der Waals surface area contributed by atoms with E-state index in [0.717, 1.165) is 11.1 Å². The Morgan fingerprint density at radius 1 is 1.44 bits per heavy atom. The minimum absolute atomic E-state index is 0.0538. The van der Waals surface area contributed by atoms with E-state index in [1.54, 1.807) is 12.4 Å². The molecule has 3 nitrogen and oxygen atoms in total. The number of halogens is 2. The molecule has 94 valence electrons. The van der Waals surface area contributed by atoms with E-state index in [2.05, 4.69) is 10.3 Å². The minimum Gasteiger partial charge on any atom is -0.397 e. The van der Waals surface area contributed by atoms with Crippen LogP contribution in [0.1, 0.15) is 11.1 Å². The number of nitrogens with zero attached hydrogens (tertiary/aromatic N) is 1. The second kappa shape index (κ2) is 5.23. The molecule has 0 bridgehead atoms. The van der Waals surface area contributed by atoms with Crippen LogP contribution in [0, 0.1) is 12.7 Å². The lowest BCUT2D eigenvalue weighted by Crippen LogP contribution is -2.04. The SMILES string of the molecule is Cc1cnccc1CNc1cc(Cl)c(F)cc1N. The molecule has 1 aromatic heterocycles. The maximum Gasteiger partial charge on any atom is 0.143 e. The average molecular weight is 266 g/mol. The van der Waals surface area contributed by atoms with Gasteiger partial charge in [0, 0.05) is 25.0 Å². The predicted octanol–water partition coefficient (Wildman–Crippen LogP) is 3.38. The third-order valence-corrected chi connectivity index (χ3v) is 2.99. The van der Waals surface area contributed by atoms with Crippen molar-refractivity contribution in [2.45, 2.75) is 13.5 Å². The molecule has 2 aromatic rings. The van der Waals surface area contributed by atoms with E-state index in [-0.39, 0.29) is 5.02 Å². The van der Waals surface area contributed by atoms with Gasteiger partial charge < -0.3 is 11.1 Å². The van der Waals surface area contributed by atoms with E-state index in [0.29, 0.717) is 17.9 Å². The zero-order valence-electron chi connectivity index (χ0n) is 9.87. The van der Waals surface area contributed by atoms with Gasteiger partial charge >= 0.3 is 0 Å². The molecule has 0 aliphatic rings. The second-order valence-electron chi connectivity index (χ2n) is 4.01. The molecule has 5 heteroatoms. The highest BCUT2D eigenvalue weighted by atomic mass is 35.5. The van der Waals surface area contributed by atoms with E-state index in [4.69, 9.17) is 17.3 Å². The summed E-state index contributed by atoms with van der Waals surface area (Å²) in [6.45, 7) is 2.56. The van der Waals surface area contributed by atoms with E-state index >= 15 is 0 Å². The van der Waals surface area contributed by atoms with Gasteiger partial charge in [-0.3, -0.25) is 4.98 Å². The fourth-order valence-corrected chi connectivity index (χ4v) is 1.77. The molecule has 0 fully saturated rings. The summed E-state index contributed by atoms with van der Waals surface area (Å²) in [7, 11) is 0. The maximum absolute atomic E-state index is 13.1. The van der Waals surface area contributed by atoms with Gasteiger partial charge in [-0.25, -0.2) is 4.39 Å². The van der Waals surface area contributed by atoms with Crippen LogP contribution >= 0.6 is 11.6 Å². The van der Waals surface area contributed by atoms with Gasteiger partial charge in [0.25, 0.3) is 0 Å². The largest absolute Gasteiger partial charge is 0.397 e. The summed E-state index contributed by atoms with van der Waals surface area (Å²) in [4.78, 5) is 4.02. The van der Waals surface area contributed by atoms with Crippen LogP contribution < -0.4 is 11.1 Å². The quantitative estimate of drug-likeness (QED) is 0.837. The number of nitrogen functional groups attached to an aromatic ring is 1. The number of pyridine rings is 1. The van der Waals surface area contributed by atoms with Crippen LogP contribution in [-0.2, 0) is 6.54 Å². The number of anilines is 2. The van der Waals surface area contributed by atoms with Crippen molar-refractivity contribution in [2.75, 3.05) is 11.1 Å². The molecule has 0 atom stereocenters. The smallest absolute Gasteiger partial charge is 0.143 e. The monoisotopic (exact) mass is 265 g/mol. The van der Waals surface area contributed by atoms with Crippen molar-refractivity contribution in [2.24, 2.45) is 0 Å². The molecular formula is C13H13ClFN3. The van der Waals surface area contributed by atoms with E-state index in [1.807, 2.05) is 13.0 Å². The molecular weight excluding hydrogens is 253 g/mol. The Morgan fingerprint density at radius 3 is 2.94 bits per heavy atom. The Hall–Kier alpha value is -1.81. The van der Waals surface area contributed by atoms with Crippen molar-refractivity contribution in [1.29, 1.82) is 0 Å². The number of hydrogen-bond acceptors (Lipinski definition) is 3. The van der Waals surface area contributed by atoms with Crippen LogP contribution in [0.2, 0.25) is 5.02 Å². The second-order valence-corrected chi connectivity index (χ2v) is 4.42. The minimum atomic E-state index is -0.514. The summed E-state index contributed by atoms with van der Waals surface area (Å²) in [5, 5.41) is 3.19. The summed E-state index contributed by atoms with van der Waals surface area (Å²) in [5.74, 6) is -0.514. The maximum atomic E-state index is 13.1. The van der Waals surface area contributed by atoms with Gasteiger partial charge in [-0.2, -0.15) is 0 Å². The first-order valence-corrected chi connectivity index (χ1v) is 5.83. The van der Waals surface area contributed by atoms with Crippen molar-refractivity contribution < 1.29 is 4.39 Å². The molecule has 0 amide bonds. The molecule has 0 unspecified atom stereocenters. The topological polar surface area (TPSA) is 50.9 Å². The Kier molecular flexibility index (Phi) is 3.67.